The molecule has 26 heavy (non-hydrogen) atoms. The van der Waals surface area contributed by atoms with Gasteiger partial charge >= 0.3 is 5.97 Å². The van der Waals surface area contributed by atoms with Crippen molar-refractivity contribution in [3.05, 3.63) is 57.2 Å². The number of ether oxygens (including phenoxy) is 1. The molecule has 4 nitrogen and oxygen atoms in total. The number of methoxy groups -OCH3 is 1. The van der Waals surface area contributed by atoms with Crippen LogP contribution in [0.25, 0.3) is 0 Å². The molecular formula is C20H21Cl2NO3. The van der Waals surface area contributed by atoms with E-state index in [1.54, 1.807) is 17.0 Å². The van der Waals surface area contributed by atoms with Crippen molar-refractivity contribution in [3.63, 3.8) is 0 Å². The van der Waals surface area contributed by atoms with E-state index in [4.69, 9.17) is 23.2 Å². The molecule has 1 amide bonds. The summed E-state index contributed by atoms with van der Waals surface area (Å²) in [6.07, 6.45) is 6.43. The summed E-state index contributed by atoms with van der Waals surface area (Å²) in [5.74, 6) is -0.330. The number of nitrogens with zero attached hydrogens (tertiary/aromatic N) is 1. The van der Waals surface area contributed by atoms with Crippen LogP contribution in [0.15, 0.2) is 41.6 Å². The first-order chi connectivity index (χ1) is 12.4. The van der Waals surface area contributed by atoms with Gasteiger partial charge in [0.05, 0.1) is 23.7 Å². The molecule has 0 bridgehead atoms. The summed E-state index contributed by atoms with van der Waals surface area (Å²) >= 11 is 12.4. The normalized spacial score (nSPS) is 22.9. The Labute approximate surface area is 163 Å². The van der Waals surface area contributed by atoms with Gasteiger partial charge in [0.25, 0.3) is 0 Å². The molecule has 0 N–H and O–H groups in total. The number of hydrogen-bond donors (Lipinski definition) is 0. The zero-order chi connectivity index (χ0) is 18.9. The van der Waals surface area contributed by atoms with E-state index in [1.807, 2.05) is 12.1 Å². The van der Waals surface area contributed by atoms with Crippen LogP contribution in [0.5, 0.6) is 0 Å². The van der Waals surface area contributed by atoms with Crippen molar-refractivity contribution in [3.8, 4) is 0 Å². The van der Waals surface area contributed by atoms with Gasteiger partial charge in [0.15, 0.2) is 0 Å². The standard InChI is InChI=1S/C20H21Cl2NO3/c1-20-10-4-6-13(8-9-17(25)26-2)19(20)23(16(24)11-20)12-14-5-3-7-15(21)18(14)22/h3,5,7-9H,4,6,10-12H2,1-2H3/b9-8+. The highest BCUT2D eigenvalue weighted by atomic mass is 35.5. The van der Waals surface area contributed by atoms with E-state index < -0.39 is 5.97 Å². The summed E-state index contributed by atoms with van der Waals surface area (Å²) in [7, 11) is 1.35. The summed E-state index contributed by atoms with van der Waals surface area (Å²) in [6.45, 7) is 2.49. The van der Waals surface area contributed by atoms with E-state index in [0.29, 0.717) is 23.0 Å². The Balaban J connectivity index is 2.01. The molecule has 138 valence electrons. The molecule has 1 unspecified atom stereocenters. The second-order valence-corrected chi connectivity index (χ2v) is 7.80. The highest BCUT2D eigenvalue weighted by molar-refractivity contribution is 6.42. The van der Waals surface area contributed by atoms with E-state index >= 15 is 0 Å². The minimum absolute atomic E-state index is 0.0735. The van der Waals surface area contributed by atoms with Crippen molar-refractivity contribution in [1.82, 2.24) is 4.90 Å². The van der Waals surface area contributed by atoms with E-state index in [0.717, 1.165) is 36.1 Å². The van der Waals surface area contributed by atoms with Gasteiger partial charge in [0, 0.05) is 23.6 Å². The number of benzene rings is 1. The number of allylic oxidation sites excluding steroid dienone is 3. The molecule has 1 aliphatic carbocycles. The zero-order valence-corrected chi connectivity index (χ0v) is 16.4. The number of halogens is 2. The van der Waals surface area contributed by atoms with E-state index in [9.17, 15) is 9.59 Å². The Morgan fingerprint density at radius 2 is 2.15 bits per heavy atom. The quantitative estimate of drug-likeness (QED) is 0.539. The van der Waals surface area contributed by atoms with Crippen LogP contribution in [-0.4, -0.2) is 23.9 Å². The third-order valence-electron chi connectivity index (χ3n) is 5.14. The van der Waals surface area contributed by atoms with Crippen LogP contribution in [-0.2, 0) is 20.9 Å². The Hall–Kier alpha value is -1.78. The molecule has 1 fully saturated rings. The lowest BCUT2D eigenvalue weighted by Gasteiger charge is -2.34. The number of amides is 1. The number of carbonyl (C=O) groups excluding carboxylic acids is 2. The number of fused-ring (bicyclic) bond motifs is 1. The maximum Gasteiger partial charge on any atom is 0.330 e. The van der Waals surface area contributed by atoms with E-state index in [-0.39, 0.29) is 11.3 Å². The number of likely N-dealkylation sites (tertiary alicyclic amines) is 1. The van der Waals surface area contributed by atoms with Crippen LogP contribution in [0.1, 0.15) is 38.2 Å². The maximum absolute atomic E-state index is 12.8. The Kier molecular flexibility index (Phi) is 5.44. The molecule has 1 aromatic rings. The van der Waals surface area contributed by atoms with Crippen LogP contribution in [0.2, 0.25) is 10.0 Å². The first-order valence-electron chi connectivity index (χ1n) is 8.58. The summed E-state index contributed by atoms with van der Waals surface area (Å²) in [4.78, 5) is 26.1. The van der Waals surface area contributed by atoms with Crippen molar-refractivity contribution in [1.29, 1.82) is 0 Å². The second kappa shape index (κ2) is 7.45. The SMILES string of the molecule is COC(=O)/C=C/C1=C2N(Cc3cccc(Cl)c3Cl)C(=O)CC2(C)CCC1. The van der Waals surface area contributed by atoms with Crippen molar-refractivity contribution >= 4 is 35.1 Å². The van der Waals surface area contributed by atoms with E-state index in [2.05, 4.69) is 11.7 Å². The molecule has 3 rings (SSSR count). The van der Waals surface area contributed by atoms with Crippen LogP contribution in [0.4, 0.5) is 0 Å². The highest BCUT2D eigenvalue weighted by Gasteiger charge is 2.46. The fourth-order valence-corrected chi connectivity index (χ4v) is 4.31. The third kappa shape index (κ3) is 3.53. The summed E-state index contributed by atoms with van der Waals surface area (Å²) in [5, 5.41) is 0.945. The molecule has 1 aliphatic heterocycles. The first-order valence-corrected chi connectivity index (χ1v) is 9.34. The van der Waals surface area contributed by atoms with Gasteiger partial charge in [-0.05, 0) is 36.5 Å². The number of carbonyl (C=O) groups is 2. The minimum Gasteiger partial charge on any atom is -0.466 e. The Bertz CT molecular complexity index is 815. The molecule has 0 saturated carbocycles. The first kappa shape index (κ1) is 19.0. The Morgan fingerprint density at radius 3 is 2.88 bits per heavy atom. The lowest BCUT2D eigenvalue weighted by Crippen LogP contribution is -2.28. The van der Waals surface area contributed by atoms with Crippen LogP contribution < -0.4 is 0 Å². The van der Waals surface area contributed by atoms with E-state index in [1.165, 1.54) is 13.2 Å². The van der Waals surface area contributed by atoms with Gasteiger partial charge in [-0.2, -0.15) is 0 Å². The summed E-state index contributed by atoms with van der Waals surface area (Å²) in [6, 6.07) is 5.44. The fraction of sp³-hybridized carbons (Fsp3) is 0.400. The van der Waals surface area contributed by atoms with Crippen LogP contribution in [0.3, 0.4) is 0 Å². The van der Waals surface area contributed by atoms with Gasteiger partial charge in [-0.1, -0.05) is 48.3 Å². The third-order valence-corrected chi connectivity index (χ3v) is 6.00. The highest BCUT2D eigenvalue weighted by Crippen LogP contribution is 2.51. The van der Waals surface area contributed by atoms with Gasteiger partial charge in [0.2, 0.25) is 5.91 Å². The zero-order valence-electron chi connectivity index (χ0n) is 14.9. The van der Waals surface area contributed by atoms with Gasteiger partial charge in [0.1, 0.15) is 0 Å². The van der Waals surface area contributed by atoms with Crippen molar-refractivity contribution in [2.45, 2.75) is 39.2 Å². The predicted molar refractivity (Wildman–Crippen MR) is 102 cm³/mol. The van der Waals surface area contributed by atoms with Gasteiger partial charge < -0.3 is 9.64 Å². The molecule has 6 heteroatoms. The smallest absolute Gasteiger partial charge is 0.330 e. The largest absolute Gasteiger partial charge is 0.466 e. The lowest BCUT2D eigenvalue weighted by molar-refractivity contribution is -0.134. The van der Waals surface area contributed by atoms with Gasteiger partial charge in [-0.3, -0.25) is 4.79 Å². The Morgan fingerprint density at radius 1 is 1.38 bits per heavy atom. The second-order valence-electron chi connectivity index (χ2n) is 7.01. The van der Waals surface area contributed by atoms with Gasteiger partial charge in [-0.15, -0.1) is 0 Å². The topological polar surface area (TPSA) is 46.6 Å². The number of rotatable bonds is 4. The molecule has 0 aromatic heterocycles. The fourth-order valence-electron chi connectivity index (χ4n) is 3.93. The van der Waals surface area contributed by atoms with Crippen LogP contribution in [0, 0.1) is 5.41 Å². The average molecular weight is 394 g/mol. The van der Waals surface area contributed by atoms with Crippen LogP contribution >= 0.6 is 23.2 Å². The van der Waals surface area contributed by atoms with Crippen molar-refractivity contribution in [2.24, 2.45) is 5.41 Å². The molecule has 1 saturated heterocycles. The predicted octanol–water partition coefficient (Wildman–Crippen LogP) is 4.90. The molecule has 0 radical (unpaired) electrons. The number of esters is 1. The lowest BCUT2D eigenvalue weighted by atomic mass is 9.74. The van der Waals surface area contributed by atoms with Crippen molar-refractivity contribution in [2.75, 3.05) is 7.11 Å². The number of hydrogen-bond acceptors (Lipinski definition) is 3. The maximum atomic E-state index is 12.8. The van der Waals surface area contributed by atoms with Crippen molar-refractivity contribution < 1.29 is 14.3 Å². The monoisotopic (exact) mass is 393 g/mol. The molecular weight excluding hydrogens is 373 g/mol. The summed E-state index contributed by atoms with van der Waals surface area (Å²) < 4.78 is 4.69. The molecule has 1 heterocycles. The molecule has 2 aliphatic rings. The minimum atomic E-state index is -0.404. The molecule has 0 spiro atoms. The molecule has 1 aromatic carbocycles. The van der Waals surface area contributed by atoms with Gasteiger partial charge in [-0.25, -0.2) is 4.79 Å². The average Bonchev–Trinajstić information content (AvgIpc) is 2.87. The molecule has 1 atom stereocenters. The summed E-state index contributed by atoms with van der Waals surface area (Å²) in [5.41, 5.74) is 2.60.